The van der Waals surface area contributed by atoms with E-state index in [2.05, 4.69) is 30.7 Å². The van der Waals surface area contributed by atoms with Crippen LogP contribution < -0.4 is 5.32 Å². The van der Waals surface area contributed by atoms with Crippen molar-refractivity contribution >= 4 is 5.91 Å². The van der Waals surface area contributed by atoms with Crippen molar-refractivity contribution in [2.45, 2.75) is 33.1 Å². The lowest BCUT2D eigenvalue weighted by atomic mass is 10.1. The highest BCUT2D eigenvalue weighted by atomic mass is 16.5. The standard InChI is InChI=1S/C17H20N8O2/c1-10-11(2)19-9-20-15(10)17(26)18-5-13-7-25-14(8-27-13)16(22-23-25)12-4-21-24(3)6-12/h4,6,9,13H,5,7-8H2,1-3H3,(H,18,26). The minimum absolute atomic E-state index is 0.187. The Kier molecular flexibility index (Phi) is 4.40. The number of aryl methyl sites for hydroxylation is 2. The summed E-state index contributed by atoms with van der Waals surface area (Å²) in [5.41, 5.74) is 4.55. The molecule has 0 aliphatic carbocycles. The molecule has 10 nitrogen and oxygen atoms in total. The van der Waals surface area contributed by atoms with Gasteiger partial charge in [-0.05, 0) is 13.8 Å². The van der Waals surface area contributed by atoms with Crippen LogP contribution in [0.4, 0.5) is 0 Å². The minimum atomic E-state index is -0.234. The number of carbonyl (C=O) groups excluding carboxylic acids is 1. The monoisotopic (exact) mass is 368 g/mol. The van der Waals surface area contributed by atoms with Gasteiger partial charge in [0.15, 0.2) is 0 Å². The summed E-state index contributed by atoms with van der Waals surface area (Å²) in [7, 11) is 1.86. The molecule has 0 aromatic carbocycles. The lowest BCUT2D eigenvalue weighted by Gasteiger charge is -2.24. The molecule has 1 aliphatic heterocycles. The summed E-state index contributed by atoms with van der Waals surface area (Å²) in [6.45, 7) is 4.95. The Hall–Kier alpha value is -3.14. The second kappa shape index (κ2) is 6.88. The van der Waals surface area contributed by atoms with E-state index in [1.807, 2.05) is 31.8 Å². The zero-order valence-electron chi connectivity index (χ0n) is 15.4. The van der Waals surface area contributed by atoms with Crippen LogP contribution in [0.5, 0.6) is 0 Å². The Morgan fingerprint density at radius 3 is 3.00 bits per heavy atom. The van der Waals surface area contributed by atoms with Crippen LogP contribution in [0, 0.1) is 13.8 Å². The molecule has 1 amide bonds. The minimum Gasteiger partial charge on any atom is -0.368 e. The predicted octanol–water partition coefficient (Wildman–Crippen LogP) is 0.414. The third-order valence-electron chi connectivity index (χ3n) is 4.69. The van der Waals surface area contributed by atoms with Crippen molar-refractivity contribution < 1.29 is 9.53 Å². The van der Waals surface area contributed by atoms with Crippen LogP contribution in [0.15, 0.2) is 18.7 Å². The zero-order chi connectivity index (χ0) is 19.0. The van der Waals surface area contributed by atoms with Crippen LogP contribution in [0.2, 0.25) is 0 Å². The summed E-state index contributed by atoms with van der Waals surface area (Å²) < 4.78 is 9.44. The van der Waals surface area contributed by atoms with Gasteiger partial charge in [0.05, 0.1) is 31.1 Å². The van der Waals surface area contributed by atoms with Crippen molar-refractivity contribution in [1.82, 2.24) is 40.1 Å². The number of hydrogen-bond acceptors (Lipinski definition) is 7. The third-order valence-corrected chi connectivity index (χ3v) is 4.69. The molecular formula is C17H20N8O2. The fourth-order valence-corrected chi connectivity index (χ4v) is 3.01. The van der Waals surface area contributed by atoms with Crippen LogP contribution in [0.1, 0.15) is 27.4 Å². The van der Waals surface area contributed by atoms with Gasteiger partial charge in [-0.2, -0.15) is 5.10 Å². The lowest BCUT2D eigenvalue weighted by Crippen LogP contribution is -2.39. The summed E-state index contributed by atoms with van der Waals surface area (Å²) >= 11 is 0. The molecule has 0 saturated heterocycles. The van der Waals surface area contributed by atoms with E-state index in [1.54, 1.807) is 10.9 Å². The van der Waals surface area contributed by atoms with E-state index < -0.39 is 0 Å². The molecule has 0 saturated carbocycles. The highest BCUT2D eigenvalue weighted by Gasteiger charge is 2.25. The van der Waals surface area contributed by atoms with Crippen molar-refractivity contribution in [3.8, 4) is 11.3 Å². The SMILES string of the molecule is Cc1ncnc(C(=O)NCC2Cn3nnc(-c4cnn(C)c4)c3CO2)c1C. The first-order valence-electron chi connectivity index (χ1n) is 8.62. The summed E-state index contributed by atoms with van der Waals surface area (Å²) in [5.74, 6) is -0.234. The molecule has 140 valence electrons. The van der Waals surface area contributed by atoms with E-state index in [0.717, 1.165) is 28.2 Å². The second-order valence-corrected chi connectivity index (χ2v) is 6.55. The summed E-state index contributed by atoms with van der Waals surface area (Å²) in [4.78, 5) is 20.6. The van der Waals surface area contributed by atoms with Crippen molar-refractivity contribution in [1.29, 1.82) is 0 Å². The van der Waals surface area contributed by atoms with Gasteiger partial charge in [0.25, 0.3) is 5.91 Å². The van der Waals surface area contributed by atoms with Gasteiger partial charge in [0.2, 0.25) is 0 Å². The number of nitrogens with zero attached hydrogens (tertiary/aromatic N) is 7. The van der Waals surface area contributed by atoms with Crippen LogP contribution in [-0.2, 0) is 24.9 Å². The van der Waals surface area contributed by atoms with Gasteiger partial charge < -0.3 is 10.1 Å². The zero-order valence-corrected chi connectivity index (χ0v) is 15.4. The van der Waals surface area contributed by atoms with Gasteiger partial charge in [0, 0.05) is 36.6 Å². The number of nitrogens with one attached hydrogen (secondary N) is 1. The molecule has 0 bridgehead atoms. The number of aromatic nitrogens is 7. The molecule has 27 heavy (non-hydrogen) atoms. The van der Waals surface area contributed by atoms with Gasteiger partial charge in [-0.25, -0.2) is 14.6 Å². The third kappa shape index (κ3) is 3.31. The van der Waals surface area contributed by atoms with Crippen LogP contribution in [0.3, 0.4) is 0 Å². The molecule has 10 heteroatoms. The molecule has 3 aromatic rings. The first kappa shape index (κ1) is 17.3. The smallest absolute Gasteiger partial charge is 0.270 e. The molecule has 1 atom stereocenters. The quantitative estimate of drug-likeness (QED) is 0.710. The van der Waals surface area contributed by atoms with Crippen molar-refractivity contribution in [2.75, 3.05) is 6.54 Å². The van der Waals surface area contributed by atoms with Gasteiger partial charge in [-0.15, -0.1) is 5.10 Å². The molecule has 1 aliphatic rings. The second-order valence-electron chi connectivity index (χ2n) is 6.55. The molecule has 3 aromatic heterocycles. The number of amides is 1. The number of carbonyl (C=O) groups is 1. The van der Waals surface area contributed by atoms with Crippen molar-refractivity contribution in [3.05, 3.63) is 41.4 Å². The van der Waals surface area contributed by atoms with E-state index in [0.29, 0.717) is 25.4 Å². The summed E-state index contributed by atoms with van der Waals surface area (Å²) in [6.07, 6.45) is 4.86. The van der Waals surface area contributed by atoms with Crippen molar-refractivity contribution in [2.24, 2.45) is 7.05 Å². The molecule has 4 rings (SSSR count). The van der Waals surface area contributed by atoms with Crippen LogP contribution in [0.25, 0.3) is 11.3 Å². The van der Waals surface area contributed by atoms with Crippen LogP contribution in [-0.4, -0.2) is 53.3 Å². The fourth-order valence-electron chi connectivity index (χ4n) is 3.01. The first-order chi connectivity index (χ1) is 13.0. The molecule has 1 unspecified atom stereocenters. The van der Waals surface area contributed by atoms with Gasteiger partial charge in [-0.3, -0.25) is 9.48 Å². The molecule has 4 heterocycles. The Bertz CT molecular complexity index is 993. The molecule has 0 fully saturated rings. The predicted molar refractivity (Wildman–Crippen MR) is 94.6 cm³/mol. The Balaban J connectivity index is 1.41. The maximum absolute atomic E-state index is 12.4. The summed E-state index contributed by atoms with van der Waals surface area (Å²) in [6, 6.07) is 0. The fraction of sp³-hybridized carbons (Fsp3) is 0.412. The molecule has 1 N–H and O–H groups in total. The highest BCUT2D eigenvalue weighted by Crippen LogP contribution is 2.24. The normalized spacial score (nSPS) is 16.2. The largest absolute Gasteiger partial charge is 0.368 e. The van der Waals surface area contributed by atoms with Gasteiger partial charge in [-0.1, -0.05) is 5.21 Å². The van der Waals surface area contributed by atoms with Gasteiger partial charge in [0.1, 0.15) is 17.7 Å². The molecule has 0 spiro atoms. The first-order valence-corrected chi connectivity index (χ1v) is 8.62. The average molecular weight is 368 g/mol. The van der Waals surface area contributed by atoms with E-state index >= 15 is 0 Å². The Morgan fingerprint density at radius 2 is 2.22 bits per heavy atom. The van der Waals surface area contributed by atoms with Crippen molar-refractivity contribution in [3.63, 3.8) is 0 Å². The number of hydrogen-bond donors (Lipinski definition) is 1. The summed E-state index contributed by atoms with van der Waals surface area (Å²) in [5, 5.41) is 15.5. The van der Waals surface area contributed by atoms with Crippen LogP contribution >= 0.6 is 0 Å². The van der Waals surface area contributed by atoms with E-state index in [1.165, 1.54) is 6.33 Å². The maximum Gasteiger partial charge on any atom is 0.270 e. The van der Waals surface area contributed by atoms with E-state index in [4.69, 9.17) is 4.74 Å². The Morgan fingerprint density at radius 1 is 1.37 bits per heavy atom. The Labute approximate surface area is 155 Å². The van der Waals surface area contributed by atoms with E-state index in [9.17, 15) is 4.79 Å². The van der Waals surface area contributed by atoms with E-state index in [-0.39, 0.29) is 12.0 Å². The average Bonchev–Trinajstić information content (AvgIpc) is 3.27. The topological polar surface area (TPSA) is 113 Å². The maximum atomic E-state index is 12.4. The molecular weight excluding hydrogens is 348 g/mol. The van der Waals surface area contributed by atoms with Gasteiger partial charge >= 0.3 is 0 Å². The highest BCUT2D eigenvalue weighted by molar-refractivity contribution is 5.93. The lowest BCUT2D eigenvalue weighted by molar-refractivity contribution is 0.00173. The number of fused-ring (bicyclic) bond motifs is 1. The number of ether oxygens (including phenoxy) is 1. The number of rotatable bonds is 4. The molecule has 0 radical (unpaired) electrons.